The Bertz CT molecular complexity index is 279. The first-order chi connectivity index (χ1) is 6.11. The van der Waals surface area contributed by atoms with Gasteiger partial charge in [-0.15, -0.1) is 0 Å². The van der Waals surface area contributed by atoms with Crippen molar-refractivity contribution in [3.63, 3.8) is 0 Å². The second-order valence-corrected chi connectivity index (χ2v) is 4.43. The summed E-state index contributed by atoms with van der Waals surface area (Å²) in [5, 5.41) is 1.37. The van der Waals surface area contributed by atoms with E-state index in [9.17, 15) is 0 Å². The summed E-state index contributed by atoms with van der Waals surface area (Å²) in [6.45, 7) is 4.41. The van der Waals surface area contributed by atoms with Crippen LogP contribution in [-0.4, -0.2) is 0 Å². The predicted molar refractivity (Wildman–Crippen MR) is 59.6 cm³/mol. The van der Waals surface area contributed by atoms with Crippen molar-refractivity contribution >= 4 is 23.2 Å². The van der Waals surface area contributed by atoms with E-state index in [0.29, 0.717) is 16.0 Å². The molecule has 0 fully saturated rings. The fraction of sp³-hybridized carbons (Fsp3) is 0.455. The van der Waals surface area contributed by atoms with E-state index in [2.05, 4.69) is 13.8 Å². The molecule has 13 heavy (non-hydrogen) atoms. The maximum atomic E-state index is 6.04. The Morgan fingerprint density at radius 1 is 1.23 bits per heavy atom. The molecule has 1 aromatic carbocycles. The molecule has 1 rings (SSSR count). The van der Waals surface area contributed by atoms with Gasteiger partial charge >= 0.3 is 0 Å². The molecule has 0 radical (unpaired) electrons. The van der Waals surface area contributed by atoms with Gasteiger partial charge in [0.2, 0.25) is 0 Å². The summed E-state index contributed by atoms with van der Waals surface area (Å²) in [6, 6.07) is 5.81. The smallest absolute Gasteiger partial charge is 0.0624 e. The highest BCUT2D eigenvalue weighted by Gasteiger charge is 2.04. The van der Waals surface area contributed by atoms with Crippen LogP contribution in [0.1, 0.15) is 25.8 Å². The van der Waals surface area contributed by atoms with Gasteiger partial charge in [0.05, 0.1) is 10.0 Å². The largest absolute Gasteiger partial charge is 0.0827 e. The predicted octanol–water partition coefficient (Wildman–Crippen LogP) is 4.58. The molecule has 0 nitrogen and oxygen atoms in total. The van der Waals surface area contributed by atoms with Crippen molar-refractivity contribution < 1.29 is 0 Å². The van der Waals surface area contributed by atoms with Gasteiger partial charge in [0.25, 0.3) is 0 Å². The zero-order valence-corrected chi connectivity index (χ0v) is 9.49. The van der Waals surface area contributed by atoms with Gasteiger partial charge in [0.15, 0.2) is 0 Å². The van der Waals surface area contributed by atoms with Crippen molar-refractivity contribution in [2.75, 3.05) is 0 Å². The van der Waals surface area contributed by atoms with Crippen LogP contribution in [0.3, 0.4) is 0 Å². The fourth-order valence-electron chi connectivity index (χ4n) is 1.19. The van der Waals surface area contributed by atoms with E-state index in [-0.39, 0.29) is 0 Å². The van der Waals surface area contributed by atoms with E-state index in [0.717, 1.165) is 18.4 Å². The lowest BCUT2D eigenvalue weighted by atomic mass is 10.0. The van der Waals surface area contributed by atoms with E-state index in [4.69, 9.17) is 23.2 Å². The minimum atomic E-state index is 0.655. The standard InChI is InChI=1S/C11H14Cl2/c1-8(2)6-7-9-4-3-5-10(12)11(9)13/h3-5,8H,6-7H2,1-2H3. The topological polar surface area (TPSA) is 0 Å². The van der Waals surface area contributed by atoms with Crippen LogP contribution in [0, 0.1) is 5.92 Å². The molecule has 0 heterocycles. The summed E-state index contributed by atoms with van der Waals surface area (Å²) < 4.78 is 0. The number of hydrogen-bond acceptors (Lipinski definition) is 0. The second kappa shape index (κ2) is 4.88. The Morgan fingerprint density at radius 3 is 2.54 bits per heavy atom. The van der Waals surface area contributed by atoms with Crippen LogP contribution in [0.25, 0.3) is 0 Å². The molecule has 72 valence electrons. The van der Waals surface area contributed by atoms with Crippen LogP contribution in [0.15, 0.2) is 18.2 Å². The van der Waals surface area contributed by atoms with Crippen LogP contribution in [0.2, 0.25) is 10.0 Å². The van der Waals surface area contributed by atoms with Gasteiger partial charge < -0.3 is 0 Å². The third-order valence-electron chi connectivity index (χ3n) is 2.02. The molecule has 0 saturated carbocycles. The molecule has 0 spiro atoms. The zero-order valence-electron chi connectivity index (χ0n) is 7.98. The number of halogens is 2. The van der Waals surface area contributed by atoms with Crippen molar-refractivity contribution in [3.8, 4) is 0 Å². The Labute approximate surface area is 89.9 Å². The van der Waals surface area contributed by atoms with Gasteiger partial charge in [0.1, 0.15) is 0 Å². The summed E-state index contributed by atoms with van der Waals surface area (Å²) in [5.74, 6) is 0.704. The van der Waals surface area contributed by atoms with Gasteiger partial charge in [0, 0.05) is 0 Å². The van der Waals surface area contributed by atoms with E-state index >= 15 is 0 Å². The summed E-state index contributed by atoms with van der Waals surface area (Å²) in [5.41, 5.74) is 1.16. The molecule has 0 aliphatic heterocycles. The van der Waals surface area contributed by atoms with E-state index in [1.165, 1.54) is 0 Å². The number of benzene rings is 1. The molecule has 0 aromatic heterocycles. The monoisotopic (exact) mass is 216 g/mol. The molecule has 0 N–H and O–H groups in total. The Balaban J connectivity index is 2.71. The van der Waals surface area contributed by atoms with Crippen molar-refractivity contribution in [2.45, 2.75) is 26.7 Å². The zero-order chi connectivity index (χ0) is 9.84. The molecule has 0 aliphatic rings. The SMILES string of the molecule is CC(C)CCc1cccc(Cl)c1Cl. The molecule has 0 aliphatic carbocycles. The maximum Gasteiger partial charge on any atom is 0.0624 e. The van der Waals surface area contributed by atoms with E-state index < -0.39 is 0 Å². The Morgan fingerprint density at radius 2 is 1.92 bits per heavy atom. The molecule has 0 amide bonds. The second-order valence-electron chi connectivity index (χ2n) is 3.65. The Kier molecular flexibility index (Phi) is 4.08. The maximum absolute atomic E-state index is 6.04. The van der Waals surface area contributed by atoms with Gasteiger partial charge in [-0.25, -0.2) is 0 Å². The van der Waals surface area contributed by atoms with Gasteiger partial charge in [-0.2, -0.15) is 0 Å². The van der Waals surface area contributed by atoms with Crippen LogP contribution in [0.4, 0.5) is 0 Å². The average molecular weight is 217 g/mol. The van der Waals surface area contributed by atoms with Crippen LogP contribution in [0.5, 0.6) is 0 Å². The quantitative estimate of drug-likeness (QED) is 0.694. The molecule has 1 aromatic rings. The van der Waals surface area contributed by atoms with Crippen molar-refractivity contribution in [1.29, 1.82) is 0 Å². The number of rotatable bonds is 3. The molecule has 0 bridgehead atoms. The first-order valence-electron chi connectivity index (χ1n) is 4.54. The first-order valence-corrected chi connectivity index (χ1v) is 5.29. The molecular weight excluding hydrogens is 203 g/mol. The van der Waals surface area contributed by atoms with Gasteiger partial charge in [-0.05, 0) is 30.4 Å². The third-order valence-corrected chi connectivity index (χ3v) is 2.88. The lowest BCUT2D eigenvalue weighted by Gasteiger charge is -2.07. The van der Waals surface area contributed by atoms with Crippen molar-refractivity contribution in [2.24, 2.45) is 5.92 Å². The lowest BCUT2D eigenvalue weighted by Crippen LogP contribution is -1.93. The fourth-order valence-corrected chi connectivity index (χ4v) is 1.60. The normalized spacial score (nSPS) is 10.8. The van der Waals surface area contributed by atoms with Crippen molar-refractivity contribution in [1.82, 2.24) is 0 Å². The lowest BCUT2D eigenvalue weighted by molar-refractivity contribution is 0.587. The van der Waals surface area contributed by atoms with Gasteiger partial charge in [-0.3, -0.25) is 0 Å². The minimum Gasteiger partial charge on any atom is -0.0827 e. The van der Waals surface area contributed by atoms with Crippen LogP contribution in [-0.2, 0) is 6.42 Å². The molecule has 0 unspecified atom stereocenters. The highest BCUT2D eigenvalue weighted by atomic mass is 35.5. The highest BCUT2D eigenvalue weighted by Crippen LogP contribution is 2.26. The Hall–Kier alpha value is -0.200. The summed E-state index contributed by atoms with van der Waals surface area (Å²) in [6.07, 6.45) is 2.16. The summed E-state index contributed by atoms with van der Waals surface area (Å²) >= 11 is 11.9. The highest BCUT2D eigenvalue weighted by molar-refractivity contribution is 6.42. The first kappa shape index (κ1) is 10.9. The molecule has 0 saturated heterocycles. The minimum absolute atomic E-state index is 0.655. The van der Waals surface area contributed by atoms with Gasteiger partial charge in [-0.1, -0.05) is 49.2 Å². The molecular formula is C11H14Cl2. The summed E-state index contributed by atoms with van der Waals surface area (Å²) in [7, 11) is 0. The van der Waals surface area contributed by atoms with E-state index in [1.807, 2.05) is 18.2 Å². The van der Waals surface area contributed by atoms with E-state index in [1.54, 1.807) is 0 Å². The number of aryl methyl sites for hydroxylation is 1. The van der Waals surface area contributed by atoms with Crippen LogP contribution < -0.4 is 0 Å². The third kappa shape index (κ3) is 3.21. The molecule has 2 heteroatoms. The average Bonchev–Trinajstić information content (AvgIpc) is 2.07. The van der Waals surface area contributed by atoms with Crippen LogP contribution >= 0.6 is 23.2 Å². The molecule has 0 atom stereocenters. The summed E-state index contributed by atoms with van der Waals surface area (Å²) in [4.78, 5) is 0. The number of hydrogen-bond donors (Lipinski definition) is 0. The van der Waals surface area contributed by atoms with Crippen molar-refractivity contribution in [3.05, 3.63) is 33.8 Å².